The number of piperazine rings is 2. The summed E-state index contributed by atoms with van der Waals surface area (Å²) in [5.74, 6) is 0.379. The van der Waals surface area contributed by atoms with Gasteiger partial charge >= 0.3 is 0 Å². The standard InChI is InChI=1S/C28H36N4O2/c1-22(33)24-4-2-5-25(20-24)23-8-10-27(11-9-23)30-14-12-29(13-15-30)21-28(34)32-18-16-31(17-19-32)26-6-3-7-26/h2,4-5,8-11,20,26H,3,6-7,12-19,21H2,1H3. The number of hydrogen-bond acceptors (Lipinski definition) is 5. The van der Waals surface area contributed by atoms with Crippen LogP contribution < -0.4 is 4.90 Å². The number of anilines is 1. The summed E-state index contributed by atoms with van der Waals surface area (Å²) in [5, 5.41) is 0. The molecule has 180 valence electrons. The van der Waals surface area contributed by atoms with Crippen LogP contribution in [0.15, 0.2) is 48.5 Å². The van der Waals surface area contributed by atoms with Crippen LogP contribution in [0.1, 0.15) is 36.5 Å². The summed E-state index contributed by atoms with van der Waals surface area (Å²) in [4.78, 5) is 33.9. The highest BCUT2D eigenvalue weighted by Gasteiger charge is 2.30. The van der Waals surface area contributed by atoms with Gasteiger partial charge in [0.05, 0.1) is 6.54 Å². The molecule has 2 aliphatic heterocycles. The van der Waals surface area contributed by atoms with E-state index < -0.39 is 0 Å². The van der Waals surface area contributed by atoms with E-state index in [2.05, 4.69) is 43.9 Å². The van der Waals surface area contributed by atoms with E-state index in [4.69, 9.17) is 0 Å². The highest BCUT2D eigenvalue weighted by molar-refractivity contribution is 5.95. The van der Waals surface area contributed by atoms with Crippen molar-refractivity contribution in [3.63, 3.8) is 0 Å². The van der Waals surface area contributed by atoms with Crippen molar-refractivity contribution in [2.75, 3.05) is 63.8 Å². The van der Waals surface area contributed by atoms with Gasteiger partial charge in [-0.2, -0.15) is 0 Å². The molecule has 3 aliphatic rings. The van der Waals surface area contributed by atoms with Crippen molar-refractivity contribution in [2.24, 2.45) is 0 Å². The highest BCUT2D eigenvalue weighted by Crippen LogP contribution is 2.26. The maximum atomic E-state index is 12.8. The molecular weight excluding hydrogens is 424 g/mol. The Kier molecular flexibility index (Phi) is 6.97. The van der Waals surface area contributed by atoms with Gasteiger partial charge in [0.1, 0.15) is 0 Å². The van der Waals surface area contributed by atoms with Crippen LogP contribution in [0.3, 0.4) is 0 Å². The maximum absolute atomic E-state index is 12.8. The fraction of sp³-hybridized carbons (Fsp3) is 0.500. The first-order chi connectivity index (χ1) is 16.6. The third-order valence-electron chi connectivity index (χ3n) is 7.82. The minimum atomic E-state index is 0.0887. The summed E-state index contributed by atoms with van der Waals surface area (Å²) in [5.41, 5.74) is 4.14. The normalized spacial score (nSPS) is 20.3. The van der Waals surface area contributed by atoms with Crippen LogP contribution in [0.2, 0.25) is 0 Å². The van der Waals surface area contributed by atoms with Crippen LogP contribution in [0, 0.1) is 0 Å². The molecule has 0 aromatic heterocycles. The third kappa shape index (κ3) is 5.18. The predicted octanol–water partition coefficient (Wildman–Crippen LogP) is 3.37. The zero-order valence-corrected chi connectivity index (χ0v) is 20.3. The number of hydrogen-bond donors (Lipinski definition) is 0. The molecule has 2 aromatic rings. The zero-order chi connectivity index (χ0) is 23.5. The Hall–Kier alpha value is -2.70. The Labute approximate surface area is 203 Å². The molecule has 34 heavy (non-hydrogen) atoms. The average molecular weight is 461 g/mol. The van der Waals surface area contributed by atoms with Crippen LogP contribution >= 0.6 is 0 Å². The Morgan fingerprint density at radius 1 is 0.824 bits per heavy atom. The number of carbonyl (C=O) groups excluding carboxylic acids is 2. The quantitative estimate of drug-likeness (QED) is 0.619. The largest absolute Gasteiger partial charge is 0.369 e. The minimum absolute atomic E-state index is 0.0887. The van der Waals surface area contributed by atoms with Gasteiger partial charge in [-0.1, -0.05) is 36.8 Å². The molecule has 1 aliphatic carbocycles. The first kappa shape index (κ1) is 23.1. The molecule has 0 N–H and O–H groups in total. The summed E-state index contributed by atoms with van der Waals surface area (Å²) in [6, 6.07) is 17.2. The van der Waals surface area contributed by atoms with E-state index in [9.17, 15) is 9.59 Å². The molecule has 5 rings (SSSR count). The zero-order valence-electron chi connectivity index (χ0n) is 20.3. The van der Waals surface area contributed by atoms with E-state index in [1.165, 1.54) is 24.9 Å². The molecule has 2 saturated heterocycles. The number of benzene rings is 2. The molecular formula is C28H36N4O2. The van der Waals surface area contributed by atoms with Crippen molar-refractivity contribution in [1.82, 2.24) is 14.7 Å². The smallest absolute Gasteiger partial charge is 0.236 e. The fourth-order valence-corrected chi connectivity index (χ4v) is 5.33. The van der Waals surface area contributed by atoms with E-state index in [0.29, 0.717) is 12.5 Å². The first-order valence-corrected chi connectivity index (χ1v) is 12.8. The van der Waals surface area contributed by atoms with Crippen molar-refractivity contribution >= 4 is 17.4 Å². The van der Waals surface area contributed by atoms with Gasteiger partial charge in [-0.15, -0.1) is 0 Å². The van der Waals surface area contributed by atoms with Crippen LogP contribution in [-0.4, -0.2) is 91.3 Å². The van der Waals surface area contributed by atoms with Gasteiger partial charge in [-0.25, -0.2) is 0 Å². The number of carbonyl (C=O) groups is 2. The van der Waals surface area contributed by atoms with Crippen LogP contribution in [0.4, 0.5) is 5.69 Å². The topological polar surface area (TPSA) is 47.1 Å². The number of amides is 1. The Bertz CT molecular complexity index is 1000. The minimum Gasteiger partial charge on any atom is -0.369 e. The van der Waals surface area contributed by atoms with E-state index in [1.54, 1.807) is 6.92 Å². The molecule has 3 fully saturated rings. The van der Waals surface area contributed by atoms with Crippen LogP contribution in [0.5, 0.6) is 0 Å². The number of nitrogens with zero attached hydrogens (tertiary/aromatic N) is 4. The highest BCUT2D eigenvalue weighted by atomic mass is 16.2. The van der Waals surface area contributed by atoms with Gasteiger partial charge in [0, 0.05) is 69.7 Å². The average Bonchev–Trinajstić information content (AvgIpc) is 2.84. The lowest BCUT2D eigenvalue weighted by Crippen LogP contribution is -2.56. The molecule has 6 nitrogen and oxygen atoms in total. The fourth-order valence-electron chi connectivity index (χ4n) is 5.33. The summed E-state index contributed by atoms with van der Waals surface area (Å²) in [6.07, 6.45) is 4.05. The number of Topliss-reactive ketones (excluding diaryl/α,β-unsaturated/α-hetero) is 1. The molecule has 1 saturated carbocycles. The Balaban J connectivity index is 1.09. The second-order valence-electron chi connectivity index (χ2n) is 9.95. The molecule has 0 bridgehead atoms. The molecule has 1 amide bonds. The van der Waals surface area contributed by atoms with E-state index in [-0.39, 0.29) is 5.78 Å². The molecule has 6 heteroatoms. The summed E-state index contributed by atoms with van der Waals surface area (Å²) < 4.78 is 0. The summed E-state index contributed by atoms with van der Waals surface area (Å²) in [7, 11) is 0. The first-order valence-electron chi connectivity index (χ1n) is 12.8. The van der Waals surface area contributed by atoms with Crippen molar-refractivity contribution in [1.29, 1.82) is 0 Å². The molecule has 0 radical (unpaired) electrons. The second kappa shape index (κ2) is 10.3. The van der Waals surface area contributed by atoms with Crippen LogP contribution in [-0.2, 0) is 4.79 Å². The summed E-state index contributed by atoms with van der Waals surface area (Å²) in [6.45, 7) is 9.69. The third-order valence-corrected chi connectivity index (χ3v) is 7.82. The lowest BCUT2D eigenvalue weighted by molar-refractivity contribution is -0.134. The molecule has 2 aromatic carbocycles. The van der Waals surface area contributed by atoms with Gasteiger partial charge in [-0.05, 0) is 49.1 Å². The SMILES string of the molecule is CC(=O)c1cccc(-c2ccc(N3CCN(CC(=O)N4CCN(C5CCC5)CC4)CC3)cc2)c1. The molecule has 2 heterocycles. The second-order valence-corrected chi connectivity index (χ2v) is 9.95. The van der Waals surface area contributed by atoms with E-state index in [0.717, 1.165) is 75.1 Å². The monoisotopic (exact) mass is 460 g/mol. The van der Waals surface area contributed by atoms with Gasteiger partial charge in [0.25, 0.3) is 0 Å². The van der Waals surface area contributed by atoms with E-state index in [1.807, 2.05) is 24.3 Å². The van der Waals surface area contributed by atoms with Gasteiger partial charge in [-0.3, -0.25) is 19.4 Å². The van der Waals surface area contributed by atoms with E-state index >= 15 is 0 Å². The van der Waals surface area contributed by atoms with Crippen LogP contribution in [0.25, 0.3) is 11.1 Å². The predicted molar refractivity (Wildman–Crippen MR) is 136 cm³/mol. The number of ketones is 1. The lowest BCUT2D eigenvalue weighted by Gasteiger charge is -2.43. The van der Waals surface area contributed by atoms with Gasteiger partial charge in [0.2, 0.25) is 5.91 Å². The molecule has 0 atom stereocenters. The van der Waals surface area contributed by atoms with Gasteiger partial charge in [0.15, 0.2) is 5.78 Å². The van der Waals surface area contributed by atoms with Crippen molar-refractivity contribution in [2.45, 2.75) is 32.2 Å². The van der Waals surface area contributed by atoms with Crippen molar-refractivity contribution < 1.29 is 9.59 Å². The molecule has 0 unspecified atom stereocenters. The maximum Gasteiger partial charge on any atom is 0.236 e. The summed E-state index contributed by atoms with van der Waals surface area (Å²) >= 11 is 0. The Morgan fingerprint density at radius 3 is 2.15 bits per heavy atom. The molecule has 0 spiro atoms. The number of rotatable bonds is 6. The van der Waals surface area contributed by atoms with Crippen molar-refractivity contribution in [3.05, 3.63) is 54.1 Å². The lowest BCUT2D eigenvalue weighted by atomic mass is 9.91. The van der Waals surface area contributed by atoms with Crippen molar-refractivity contribution in [3.8, 4) is 11.1 Å². The van der Waals surface area contributed by atoms with Gasteiger partial charge < -0.3 is 9.80 Å². The Morgan fingerprint density at radius 2 is 1.53 bits per heavy atom.